The molecule has 58 valence electrons. The molecule has 11 heavy (non-hydrogen) atoms. The van der Waals surface area contributed by atoms with E-state index in [1.165, 1.54) is 5.56 Å². The molecule has 0 bridgehead atoms. The summed E-state index contributed by atoms with van der Waals surface area (Å²) in [5.74, 6) is 0. The van der Waals surface area contributed by atoms with Crippen molar-refractivity contribution in [1.82, 2.24) is 0 Å². The smallest absolute Gasteiger partial charge is 0.335 e. The Kier molecular flexibility index (Phi) is 12.9. The molecule has 0 saturated carbocycles. The van der Waals surface area contributed by atoms with E-state index in [1.54, 1.807) is 0 Å². The second-order valence-electron chi connectivity index (χ2n) is 2.15. The Balaban J connectivity index is 0. The summed E-state index contributed by atoms with van der Waals surface area (Å²) in [6.45, 7) is 6.06. The Bertz CT molecular complexity index is 146. The van der Waals surface area contributed by atoms with Crippen LogP contribution in [0, 0.1) is 50.5 Å². The van der Waals surface area contributed by atoms with E-state index in [9.17, 15) is 0 Å². The molecule has 0 nitrogen and oxygen atoms in total. The van der Waals surface area contributed by atoms with Crippen molar-refractivity contribution in [2.45, 2.75) is 20.8 Å². The monoisotopic (exact) mass is 372 g/mol. The van der Waals surface area contributed by atoms with Crippen molar-refractivity contribution in [2.24, 2.45) is 0 Å². The van der Waals surface area contributed by atoms with Gasteiger partial charge in [0, 0.05) is 0 Å². The van der Waals surface area contributed by atoms with Gasteiger partial charge in [0.25, 0.3) is 0 Å². The Hall–Kier alpha value is 0.272. The summed E-state index contributed by atoms with van der Waals surface area (Å²) in [5.41, 5.74) is 1.29. The number of rotatable bonds is 0. The molecular weight excluding hydrogens is 358 g/mol. The van der Waals surface area contributed by atoms with Crippen LogP contribution in [0.2, 0.25) is 0 Å². The van der Waals surface area contributed by atoms with Crippen LogP contribution < -0.4 is 0 Å². The van der Waals surface area contributed by atoms with Crippen LogP contribution in [0.1, 0.15) is 19.4 Å². The molecule has 0 aliphatic rings. The molecule has 1 rings (SSSR count). The molecule has 0 aliphatic heterocycles. The molecule has 0 heterocycles. The van der Waals surface area contributed by atoms with Crippen molar-refractivity contribution in [2.75, 3.05) is 0 Å². The minimum atomic E-state index is 0. The zero-order valence-corrected chi connectivity index (χ0v) is 11.6. The van der Waals surface area contributed by atoms with Crippen molar-refractivity contribution >= 4 is 0 Å². The number of aryl methyl sites for hydroxylation is 1. The van der Waals surface area contributed by atoms with Gasteiger partial charge in [-0.2, -0.15) is 49.7 Å². The van der Waals surface area contributed by atoms with Gasteiger partial charge >= 0.3 is 31.1 Å². The van der Waals surface area contributed by atoms with Crippen molar-refractivity contribution < 1.29 is 31.1 Å². The van der Waals surface area contributed by atoms with Gasteiger partial charge in [-0.25, -0.2) is 0 Å². The van der Waals surface area contributed by atoms with Crippen LogP contribution in [-0.4, -0.2) is 0 Å². The number of hydrogen-bond donors (Lipinski definition) is 0. The van der Waals surface area contributed by atoms with Crippen molar-refractivity contribution in [3.05, 3.63) is 42.3 Å². The van der Waals surface area contributed by atoms with Gasteiger partial charge < -0.3 is 6.42 Å². The first-order valence-corrected chi connectivity index (χ1v) is 3.48. The Labute approximate surface area is 93.8 Å². The Morgan fingerprint density at radius 3 is 1.73 bits per heavy atom. The first kappa shape index (κ1) is 13.8. The topological polar surface area (TPSA) is 0 Å². The zero-order valence-electron chi connectivity index (χ0n) is 7.39. The molecule has 0 unspecified atom stereocenters. The van der Waals surface area contributed by atoms with Gasteiger partial charge in [-0.1, -0.05) is 6.92 Å². The summed E-state index contributed by atoms with van der Waals surface area (Å²) in [4.78, 5) is 0. The van der Waals surface area contributed by atoms with E-state index in [0.717, 1.165) is 0 Å². The van der Waals surface area contributed by atoms with Gasteiger partial charge in [0.15, 0.2) is 0 Å². The van der Waals surface area contributed by atoms with Crippen LogP contribution >= 0.6 is 0 Å². The van der Waals surface area contributed by atoms with Crippen LogP contribution in [0.15, 0.2) is 24.3 Å². The van der Waals surface area contributed by atoms with Crippen LogP contribution in [-0.2, 0) is 0 Å². The minimum absolute atomic E-state index is 0. The van der Waals surface area contributed by atoms with Crippen LogP contribution in [0.5, 0.6) is 0 Å². The maximum atomic E-state index is 2.93. The molecule has 0 aromatic heterocycles. The second-order valence-corrected chi connectivity index (χ2v) is 2.15. The van der Waals surface area contributed by atoms with Crippen molar-refractivity contribution in [3.8, 4) is 0 Å². The number of hydrogen-bond acceptors (Lipinski definition) is 0. The summed E-state index contributed by atoms with van der Waals surface area (Å²) >= 11 is 0. The molecule has 0 spiro atoms. The van der Waals surface area contributed by atoms with E-state index in [0.29, 0.717) is 0 Å². The van der Waals surface area contributed by atoms with Gasteiger partial charge in [0.2, 0.25) is 0 Å². The van der Waals surface area contributed by atoms with Gasteiger partial charge in [0.05, 0.1) is 0 Å². The van der Waals surface area contributed by atoms with E-state index in [2.05, 4.69) is 13.0 Å². The summed E-state index contributed by atoms with van der Waals surface area (Å²) < 4.78 is 0. The van der Waals surface area contributed by atoms with Crippen LogP contribution in [0.25, 0.3) is 0 Å². The summed E-state index contributed by atoms with van der Waals surface area (Å²) in [5, 5.41) is 0. The van der Waals surface area contributed by atoms with Crippen molar-refractivity contribution in [3.63, 3.8) is 0 Å². The summed E-state index contributed by atoms with van der Waals surface area (Å²) in [6, 6.07) is 10.8. The third-order valence-corrected chi connectivity index (χ3v) is 0.885. The first-order valence-electron chi connectivity index (χ1n) is 3.48. The molecule has 1 heteroatoms. The second kappa shape index (κ2) is 10.3. The molecule has 0 fully saturated rings. The quantitative estimate of drug-likeness (QED) is 0.615. The molecular formula is C10H14U. The summed E-state index contributed by atoms with van der Waals surface area (Å²) in [7, 11) is 0. The van der Waals surface area contributed by atoms with Gasteiger partial charge in [-0.3, -0.25) is 0 Å². The molecule has 0 N–H and O–H groups in total. The first-order chi connectivity index (χ1) is 4.81. The fourth-order valence-electron chi connectivity index (χ4n) is 0.470. The fourth-order valence-corrected chi connectivity index (χ4v) is 0.470. The van der Waals surface area contributed by atoms with E-state index in [-0.39, 0.29) is 31.1 Å². The average Bonchev–Trinajstić information content (AvgIpc) is 1.91. The Morgan fingerprint density at radius 1 is 1.18 bits per heavy atom. The third kappa shape index (κ3) is 10.3. The molecule has 1 aromatic rings. The number of benzene rings is 1. The van der Waals surface area contributed by atoms with Gasteiger partial charge in [-0.05, 0) is 0 Å². The van der Waals surface area contributed by atoms with Crippen LogP contribution in [0.4, 0.5) is 0 Å². The predicted molar refractivity (Wildman–Crippen MR) is 45.7 cm³/mol. The van der Waals surface area contributed by atoms with E-state index >= 15 is 0 Å². The maximum Gasteiger partial charge on any atom is 2.00 e. The van der Waals surface area contributed by atoms with Gasteiger partial charge in [-0.15, -0.1) is 0 Å². The largest absolute Gasteiger partial charge is 2.00 e. The maximum absolute atomic E-state index is 2.93. The normalized spacial score (nSPS) is 7.18. The van der Waals surface area contributed by atoms with Crippen molar-refractivity contribution in [1.29, 1.82) is 0 Å². The minimum Gasteiger partial charge on any atom is -0.335 e. The van der Waals surface area contributed by atoms with E-state index in [1.807, 2.05) is 44.5 Å². The molecule has 0 aliphatic carbocycles. The molecule has 0 atom stereocenters. The summed E-state index contributed by atoms with van der Waals surface area (Å²) in [6.07, 6.45) is 2.00. The predicted octanol–water partition coefficient (Wildman–Crippen LogP) is 3.03. The van der Waals surface area contributed by atoms with Gasteiger partial charge in [0.1, 0.15) is 0 Å². The van der Waals surface area contributed by atoms with E-state index in [4.69, 9.17) is 0 Å². The standard InChI is InChI=1S/C7H7.C3H7.U/c1-7-5-3-2-4-6-7;1-3-2;/h3-6H,1H3;3H,1-2H3;/q2*-1;+2. The van der Waals surface area contributed by atoms with E-state index < -0.39 is 0 Å². The third-order valence-electron chi connectivity index (χ3n) is 0.885. The fraction of sp³-hybridized carbons (Fsp3) is 0.300. The average molecular weight is 372 g/mol. The molecule has 0 amide bonds. The zero-order chi connectivity index (χ0) is 7.82. The van der Waals surface area contributed by atoms with Crippen LogP contribution in [0.3, 0.4) is 0 Å². The molecule has 0 saturated heterocycles. The SMILES string of the molecule is C[CH-]C.Cc1cc[c-]cc1.[U+2]. The molecule has 0 radical (unpaired) electrons. The Morgan fingerprint density at radius 2 is 1.55 bits per heavy atom. The molecule has 1 aromatic carbocycles.